The quantitative estimate of drug-likeness (QED) is 0.405. The number of halogens is 1. The Balaban J connectivity index is 1.48. The van der Waals surface area contributed by atoms with E-state index in [1.54, 1.807) is 18.2 Å². The van der Waals surface area contributed by atoms with Gasteiger partial charge in [-0.1, -0.05) is 18.2 Å². The third kappa shape index (κ3) is 4.01. The molecule has 0 atom stereocenters. The van der Waals surface area contributed by atoms with E-state index in [0.717, 1.165) is 29.6 Å². The highest BCUT2D eigenvalue weighted by atomic mass is 19.1. The summed E-state index contributed by atoms with van der Waals surface area (Å²) in [6.07, 6.45) is 0. The summed E-state index contributed by atoms with van der Waals surface area (Å²) in [6.45, 7) is 9.43. The van der Waals surface area contributed by atoms with E-state index in [1.165, 1.54) is 6.07 Å². The maximum Gasteiger partial charge on any atom is 0.255 e. The molecule has 0 unspecified atom stereocenters. The van der Waals surface area contributed by atoms with Crippen molar-refractivity contribution in [2.75, 3.05) is 18.1 Å². The van der Waals surface area contributed by atoms with Gasteiger partial charge in [0.05, 0.1) is 28.9 Å². The van der Waals surface area contributed by atoms with Gasteiger partial charge in [-0.15, -0.1) is 0 Å². The minimum absolute atomic E-state index is 0.128. The summed E-state index contributed by atoms with van der Waals surface area (Å²) in [5, 5.41) is 3.63. The molecule has 6 nitrogen and oxygen atoms in total. The third-order valence-corrected chi connectivity index (χ3v) is 6.67. The molecule has 2 N–H and O–H groups in total. The van der Waals surface area contributed by atoms with Gasteiger partial charge in [0.1, 0.15) is 18.2 Å². The van der Waals surface area contributed by atoms with Crippen molar-refractivity contribution in [2.45, 2.75) is 39.3 Å². The monoisotopic (exact) mass is 473 g/mol. The van der Waals surface area contributed by atoms with Crippen LogP contribution in [0.1, 0.15) is 43.6 Å². The molecule has 0 spiro atoms. The number of nitrogens with zero attached hydrogens (tertiary/aromatic N) is 1. The first kappa shape index (κ1) is 22.9. The lowest BCUT2D eigenvalue weighted by atomic mass is 9.92. The molecule has 3 aromatic carbocycles. The van der Waals surface area contributed by atoms with Crippen LogP contribution in [0.25, 0.3) is 21.8 Å². The first-order valence-electron chi connectivity index (χ1n) is 11.8. The SMILES string of the molecule is CC(C)N1CCOc2cc(C(C)(C)NC(=O)c3cc4[nH]c5ccccc5c(=O)c4cc3F)ccc21. The number of anilines is 1. The lowest BCUT2D eigenvalue weighted by Crippen LogP contribution is -2.42. The van der Waals surface area contributed by atoms with Crippen LogP contribution < -0.4 is 20.4 Å². The van der Waals surface area contributed by atoms with E-state index in [4.69, 9.17) is 4.74 Å². The Morgan fingerprint density at radius 1 is 1.09 bits per heavy atom. The zero-order chi connectivity index (χ0) is 24.9. The topological polar surface area (TPSA) is 74.4 Å². The van der Waals surface area contributed by atoms with E-state index in [0.29, 0.717) is 29.1 Å². The maximum atomic E-state index is 15.0. The Kier molecular flexibility index (Phi) is 5.50. The van der Waals surface area contributed by atoms with Crippen LogP contribution in [0, 0.1) is 5.82 Å². The summed E-state index contributed by atoms with van der Waals surface area (Å²) in [4.78, 5) is 31.4. The zero-order valence-corrected chi connectivity index (χ0v) is 20.2. The first-order valence-corrected chi connectivity index (χ1v) is 11.8. The third-order valence-electron chi connectivity index (χ3n) is 6.67. The average Bonchev–Trinajstić information content (AvgIpc) is 2.83. The molecule has 5 rings (SSSR count). The number of hydrogen-bond donors (Lipinski definition) is 2. The van der Waals surface area contributed by atoms with Crippen molar-refractivity contribution in [3.05, 3.63) is 81.8 Å². The van der Waals surface area contributed by atoms with Crippen molar-refractivity contribution < 1.29 is 13.9 Å². The summed E-state index contributed by atoms with van der Waals surface area (Å²) in [6, 6.07) is 15.8. The molecule has 0 saturated carbocycles. The molecule has 7 heteroatoms. The fourth-order valence-electron chi connectivity index (χ4n) is 4.71. The molecule has 0 bridgehead atoms. The fraction of sp³-hybridized carbons (Fsp3) is 0.286. The molecule has 1 amide bonds. The molecule has 1 aromatic heterocycles. The number of amides is 1. The molecule has 2 heterocycles. The van der Waals surface area contributed by atoms with Crippen LogP contribution in [-0.2, 0) is 5.54 Å². The van der Waals surface area contributed by atoms with Gasteiger partial charge in [0.25, 0.3) is 5.91 Å². The summed E-state index contributed by atoms with van der Waals surface area (Å²) in [5.74, 6) is -0.537. The van der Waals surface area contributed by atoms with Gasteiger partial charge in [-0.25, -0.2) is 4.39 Å². The number of aromatic nitrogens is 1. The van der Waals surface area contributed by atoms with E-state index < -0.39 is 17.3 Å². The predicted octanol–water partition coefficient (Wildman–Crippen LogP) is 5.09. The first-order chi connectivity index (χ1) is 16.7. The number of carbonyl (C=O) groups is 1. The van der Waals surface area contributed by atoms with Crippen molar-refractivity contribution >= 4 is 33.4 Å². The highest BCUT2D eigenvalue weighted by Crippen LogP contribution is 2.36. The minimum atomic E-state index is -0.798. The van der Waals surface area contributed by atoms with Crippen LogP contribution in [0.4, 0.5) is 10.1 Å². The summed E-state index contributed by atoms with van der Waals surface area (Å²) < 4.78 is 20.9. The van der Waals surface area contributed by atoms with Crippen molar-refractivity contribution in [3.63, 3.8) is 0 Å². The number of ether oxygens (including phenoxy) is 1. The summed E-state index contributed by atoms with van der Waals surface area (Å²) in [7, 11) is 0. The number of carbonyl (C=O) groups excluding carboxylic acids is 1. The predicted molar refractivity (Wildman–Crippen MR) is 137 cm³/mol. The second-order valence-electron chi connectivity index (χ2n) is 9.77. The number of pyridine rings is 1. The number of hydrogen-bond acceptors (Lipinski definition) is 4. The van der Waals surface area contributed by atoms with Crippen LogP contribution in [-0.4, -0.2) is 30.1 Å². The van der Waals surface area contributed by atoms with Gasteiger partial charge >= 0.3 is 0 Å². The van der Waals surface area contributed by atoms with Gasteiger partial charge in [0, 0.05) is 22.3 Å². The van der Waals surface area contributed by atoms with Gasteiger partial charge in [0.15, 0.2) is 5.43 Å². The van der Waals surface area contributed by atoms with Crippen LogP contribution >= 0.6 is 0 Å². The number of rotatable bonds is 4. The lowest BCUT2D eigenvalue weighted by Gasteiger charge is -2.36. The summed E-state index contributed by atoms with van der Waals surface area (Å²) in [5.41, 5.74) is 1.71. The Hall–Kier alpha value is -3.87. The maximum absolute atomic E-state index is 15.0. The normalized spacial score (nSPS) is 13.7. The van der Waals surface area contributed by atoms with Gasteiger partial charge in [-0.3, -0.25) is 9.59 Å². The highest BCUT2D eigenvalue weighted by Gasteiger charge is 2.28. The van der Waals surface area contributed by atoms with Crippen LogP contribution in [0.15, 0.2) is 59.4 Å². The van der Waals surface area contributed by atoms with Crippen molar-refractivity contribution in [2.24, 2.45) is 0 Å². The molecule has 0 fully saturated rings. The zero-order valence-electron chi connectivity index (χ0n) is 20.2. The van der Waals surface area contributed by atoms with E-state index in [1.807, 2.05) is 38.1 Å². The number of para-hydroxylation sites is 1. The molecule has 0 aliphatic carbocycles. The van der Waals surface area contributed by atoms with Gasteiger partial charge in [0.2, 0.25) is 0 Å². The molecule has 1 aliphatic heterocycles. The molecule has 180 valence electrons. The van der Waals surface area contributed by atoms with E-state index >= 15 is 4.39 Å². The molecular formula is C28H28FN3O3. The number of H-pyrrole nitrogens is 1. The molecule has 35 heavy (non-hydrogen) atoms. The Labute approximate surface area is 202 Å². The molecule has 0 radical (unpaired) electrons. The number of benzene rings is 3. The number of fused-ring (bicyclic) bond motifs is 3. The Morgan fingerprint density at radius 2 is 1.86 bits per heavy atom. The summed E-state index contributed by atoms with van der Waals surface area (Å²) >= 11 is 0. The fourth-order valence-corrected chi connectivity index (χ4v) is 4.71. The highest BCUT2D eigenvalue weighted by molar-refractivity contribution is 6.00. The van der Waals surface area contributed by atoms with Gasteiger partial charge in [-0.2, -0.15) is 0 Å². The molecule has 1 aliphatic rings. The van der Waals surface area contributed by atoms with Crippen molar-refractivity contribution in [1.29, 1.82) is 0 Å². The second kappa shape index (κ2) is 8.41. The average molecular weight is 474 g/mol. The standard InChI is InChI=1S/C28H28FN3O3/c1-16(2)32-11-12-35-25-13-17(9-10-24(25)32)28(3,4)31-27(34)19-15-23-20(14-21(19)29)26(33)18-7-5-6-8-22(18)30-23/h5-10,13-16H,11-12H2,1-4H3,(H,30,33)(H,31,34). The van der Waals surface area contributed by atoms with Crippen LogP contribution in [0.3, 0.4) is 0 Å². The minimum Gasteiger partial charge on any atom is -0.490 e. The lowest BCUT2D eigenvalue weighted by molar-refractivity contribution is 0.0908. The molecule has 4 aromatic rings. The Morgan fingerprint density at radius 3 is 2.63 bits per heavy atom. The van der Waals surface area contributed by atoms with E-state index in [2.05, 4.69) is 29.0 Å². The van der Waals surface area contributed by atoms with Gasteiger partial charge in [-0.05, 0) is 69.7 Å². The van der Waals surface area contributed by atoms with Crippen molar-refractivity contribution in [3.8, 4) is 5.75 Å². The smallest absolute Gasteiger partial charge is 0.255 e. The number of aromatic amines is 1. The van der Waals surface area contributed by atoms with E-state index in [-0.39, 0.29) is 16.4 Å². The largest absolute Gasteiger partial charge is 0.490 e. The van der Waals surface area contributed by atoms with Crippen molar-refractivity contribution in [1.82, 2.24) is 10.3 Å². The number of nitrogens with one attached hydrogen (secondary N) is 2. The second-order valence-corrected chi connectivity index (χ2v) is 9.77. The van der Waals surface area contributed by atoms with Crippen LogP contribution in [0.5, 0.6) is 5.75 Å². The van der Waals surface area contributed by atoms with Crippen LogP contribution in [0.2, 0.25) is 0 Å². The molecular weight excluding hydrogens is 445 g/mol. The van der Waals surface area contributed by atoms with Gasteiger partial charge < -0.3 is 19.9 Å². The Bertz CT molecular complexity index is 1520. The van der Waals surface area contributed by atoms with E-state index in [9.17, 15) is 9.59 Å². The molecule has 0 saturated heterocycles.